The summed E-state index contributed by atoms with van der Waals surface area (Å²) in [5.74, 6) is -0.728. The van der Waals surface area contributed by atoms with E-state index >= 15 is 0 Å². The second-order valence-corrected chi connectivity index (χ2v) is 7.88. The summed E-state index contributed by atoms with van der Waals surface area (Å²) < 4.78 is 40.9. The minimum absolute atomic E-state index is 0.106. The Morgan fingerprint density at radius 2 is 2.06 bits per heavy atom. The van der Waals surface area contributed by atoms with Gasteiger partial charge in [-0.3, -0.25) is 4.79 Å². The van der Waals surface area contributed by atoms with Crippen molar-refractivity contribution >= 4 is 23.2 Å². The highest BCUT2D eigenvalue weighted by Gasteiger charge is 2.35. The second-order valence-electron chi connectivity index (χ2n) is 7.44. The predicted octanol–water partition coefficient (Wildman–Crippen LogP) is 4.93. The first-order valence-electron chi connectivity index (χ1n) is 9.79. The first kappa shape index (κ1) is 21.2. The Morgan fingerprint density at radius 3 is 2.81 bits per heavy atom. The van der Waals surface area contributed by atoms with Crippen LogP contribution in [0.4, 0.5) is 18.9 Å². The topological polar surface area (TPSA) is 59.0 Å². The van der Waals surface area contributed by atoms with Crippen molar-refractivity contribution < 1.29 is 18.0 Å². The van der Waals surface area contributed by atoms with Crippen LogP contribution in [0.3, 0.4) is 0 Å². The maximum atomic E-state index is 13.2. The van der Waals surface area contributed by atoms with Crippen LogP contribution < -0.4 is 10.6 Å². The summed E-state index contributed by atoms with van der Waals surface area (Å²) in [5, 5.41) is 10.1. The molecule has 2 aromatic carbocycles. The van der Waals surface area contributed by atoms with Crippen molar-refractivity contribution in [2.75, 3.05) is 11.9 Å². The number of carbonyl (C=O) groups excluding carboxylic acids is 1. The van der Waals surface area contributed by atoms with Crippen LogP contribution >= 0.6 is 11.6 Å². The van der Waals surface area contributed by atoms with Crippen molar-refractivity contribution in [2.45, 2.75) is 32.0 Å². The molecular formula is C22H20ClF3N4O. The van der Waals surface area contributed by atoms with E-state index in [1.54, 1.807) is 25.1 Å². The fourth-order valence-corrected chi connectivity index (χ4v) is 3.78. The Balaban J connectivity index is 1.54. The molecule has 9 heteroatoms. The first-order valence-corrected chi connectivity index (χ1v) is 10.2. The molecule has 0 radical (unpaired) electrons. The van der Waals surface area contributed by atoms with E-state index in [1.807, 2.05) is 18.2 Å². The van der Waals surface area contributed by atoms with Gasteiger partial charge in [0.15, 0.2) is 5.69 Å². The molecular weight excluding hydrogens is 429 g/mol. The zero-order valence-electron chi connectivity index (χ0n) is 16.6. The standard InChI is InChI=1S/C22H20ClF3N4O/c1-13(14-5-6-19-15(9-14)7-8-27-19)21(31)28-12-18-11-20(22(24,25)26)29-30(18)17-4-2-3-16(23)10-17/h2-6,9-11,13,27H,7-8,12H2,1H3,(H,28,31). The van der Waals surface area contributed by atoms with E-state index < -0.39 is 17.8 Å². The zero-order chi connectivity index (χ0) is 22.2. The van der Waals surface area contributed by atoms with Crippen LogP contribution in [0.5, 0.6) is 0 Å². The molecule has 1 unspecified atom stereocenters. The van der Waals surface area contributed by atoms with Crippen LogP contribution in [-0.2, 0) is 23.9 Å². The number of nitrogens with zero attached hydrogens (tertiary/aromatic N) is 2. The van der Waals surface area contributed by atoms with Crippen molar-refractivity contribution in [1.82, 2.24) is 15.1 Å². The molecule has 2 heterocycles. The van der Waals surface area contributed by atoms with Crippen LogP contribution in [-0.4, -0.2) is 22.2 Å². The van der Waals surface area contributed by atoms with Gasteiger partial charge in [0.05, 0.1) is 23.8 Å². The SMILES string of the molecule is CC(C(=O)NCc1cc(C(F)(F)F)nn1-c1cccc(Cl)c1)c1ccc2c(c1)CCN2. The van der Waals surface area contributed by atoms with Crippen molar-refractivity contribution in [2.24, 2.45) is 0 Å². The van der Waals surface area contributed by atoms with E-state index in [0.29, 0.717) is 10.7 Å². The number of anilines is 1. The zero-order valence-corrected chi connectivity index (χ0v) is 17.4. The fourth-order valence-electron chi connectivity index (χ4n) is 3.59. The van der Waals surface area contributed by atoms with Crippen molar-refractivity contribution in [1.29, 1.82) is 0 Å². The van der Waals surface area contributed by atoms with E-state index in [9.17, 15) is 18.0 Å². The third kappa shape index (κ3) is 4.54. The molecule has 1 aliphatic heterocycles. The molecule has 0 aliphatic carbocycles. The normalized spacial score (nSPS) is 14.1. The second kappa shape index (κ2) is 8.26. The minimum atomic E-state index is -4.60. The lowest BCUT2D eigenvalue weighted by Gasteiger charge is -2.14. The number of halogens is 4. The lowest BCUT2D eigenvalue weighted by Crippen LogP contribution is -2.28. The van der Waals surface area contributed by atoms with Crippen LogP contribution in [0.2, 0.25) is 5.02 Å². The van der Waals surface area contributed by atoms with Gasteiger partial charge in [-0.25, -0.2) is 4.68 Å². The highest BCUT2D eigenvalue weighted by Crippen LogP contribution is 2.30. The molecule has 0 bridgehead atoms. The lowest BCUT2D eigenvalue weighted by atomic mass is 9.97. The average molecular weight is 449 g/mol. The molecule has 2 N–H and O–H groups in total. The van der Waals surface area contributed by atoms with Gasteiger partial charge in [-0.2, -0.15) is 18.3 Å². The van der Waals surface area contributed by atoms with Gasteiger partial charge in [-0.05, 0) is 54.8 Å². The highest BCUT2D eigenvalue weighted by atomic mass is 35.5. The summed E-state index contributed by atoms with van der Waals surface area (Å²) in [6.07, 6.45) is -3.70. The first-order chi connectivity index (χ1) is 14.7. The molecule has 4 rings (SSSR count). The molecule has 0 fully saturated rings. The van der Waals surface area contributed by atoms with Gasteiger partial charge in [0.2, 0.25) is 5.91 Å². The predicted molar refractivity (Wildman–Crippen MR) is 112 cm³/mol. The lowest BCUT2D eigenvalue weighted by molar-refractivity contribution is -0.141. The summed E-state index contributed by atoms with van der Waals surface area (Å²) in [6.45, 7) is 2.54. The summed E-state index contributed by atoms with van der Waals surface area (Å²) >= 11 is 5.98. The van der Waals surface area contributed by atoms with Gasteiger partial charge < -0.3 is 10.6 Å². The summed E-state index contributed by atoms with van der Waals surface area (Å²) in [6, 6.07) is 13.1. The monoisotopic (exact) mass is 448 g/mol. The van der Waals surface area contributed by atoms with Gasteiger partial charge in [-0.1, -0.05) is 29.8 Å². The summed E-state index contributed by atoms with van der Waals surface area (Å²) in [5.41, 5.74) is 2.64. The number of fused-ring (bicyclic) bond motifs is 1. The van der Waals surface area contributed by atoms with Gasteiger partial charge in [-0.15, -0.1) is 0 Å². The van der Waals surface area contributed by atoms with Crippen LogP contribution in [0.1, 0.15) is 35.4 Å². The smallest absolute Gasteiger partial charge is 0.384 e. The molecule has 1 amide bonds. The molecule has 1 aliphatic rings. The molecule has 5 nitrogen and oxygen atoms in total. The quantitative estimate of drug-likeness (QED) is 0.581. The molecule has 0 saturated carbocycles. The molecule has 1 aromatic heterocycles. The number of rotatable bonds is 5. The molecule has 0 saturated heterocycles. The molecule has 3 aromatic rings. The van der Waals surface area contributed by atoms with E-state index in [0.717, 1.165) is 40.5 Å². The number of benzene rings is 2. The summed E-state index contributed by atoms with van der Waals surface area (Å²) in [7, 11) is 0. The van der Waals surface area contributed by atoms with Gasteiger partial charge in [0.25, 0.3) is 0 Å². The number of hydrogen-bond donors (Lipinski definition) is 2. The Hall–Kier alpha value is -3.00. The Kier molecular flexibility index (Phi) is 5.66. The highest BCUT2D eigenvalue weighted by molar-refractivity contribution is 6.30. The molecule has 0 spiro atoms. The Morgan fingerprint density at radius 1 is 1.26 bits per heavy atom. The van der Waals surface area contributed by atoms with Crippen LogP contribution in [0.25, 0.3) is 5.69 Å². The van der Waals surface area contributed by atoms with Crippen molar-refractivity contribution in [3.8, 4) is 5.69 Å². The Bertz CT molecular complexity index is 1130. The minimum Gasteiger partial charge on any atom is -0.384 e. The van der Waals surface area contributed by atoms with E-state index in [2.05, 4.69) is 15.7 Å². The number of amides is 1. The number of alkyl halides is 3. The van der Waals surface area contributed by atoms with E-state index in [-0.39, 0.29) is 18.1 Å². The number of nitrogens with one attached hydrogen (secondary N) is 2. The largest absolute Gasteiger partial charge is 0.435 e. The Labute approximate surface area is 182 Å². The van der Waals surface area contributed by atoms with E-state index in [4.69, 9.17) is 11.6 Å². The summed E-state index contributed by atoms with van der Waals surface area (Å²) in [4.78, 5) is 12.7. The van der Waals surface area contributed by atoms with Crippen LogP contribution in [0.15, 0.2) is 48.5 Å². The molecule has 162 valence electrons. The molecule has 1 atom stereocenters. The third-order valence-electron chi connectivity index (χ3n) is 5.30. The van der Waals surface area contributed by atoms with E-state index in [1.165, 1.54) is 6.07 Å². The maximum Gasteiger partial charge on any atom is 0.435 e. The third-order valence-corrected chi connectivity index (χ3v) is 5.54. The van der Waals surface area contributed by atoms with Crippen LogP contribution in [0, 0.1) is 0 Å². The number of carbonyl (C=O) groups is 1. The number of hydrogen-bond acceptors (Lipinski definition) is 3. The van der Waals surface area contributed by atoms with Gasteiger partial charge in [0.1, 0.15) is 0 Å². The van der Waals surface area contributed by atoms with Crippen molar-refractivity contribution in [3.05, 3.63) is 76.1 Å². The maximum absolute atomic E-state index is 13.2. The average Bonchev–Trinajstić information content (AvgIpc) is 3.37. The van der Waals surface area contributed by atoms with Gasteiger partial charge in [0, 0.05) is 17.3 Å². The van der Waals surface area contributed by atoms with Crippen molar-refractivity contribution in [3.63, 3.8) is 0 Å². The van der Waals surface area contributed by atoms with Gasteiger partial charge >= 0.3 is 6.18 Å². The fraction of sp³-hybridized carbons (Fsp3) is 0.273. The number of aromatic nitrogens is 2. The molecule has 31 heavy (non-hydrogen) atoms.